The molecular formula is C9H11ClN4O. The lowest BCUT2D eigenvalue weighted by atomic mass is 10.4. The van der Waals surface area contributed by atoms with Gasteiger partial charge >= 0.3 is 0 Å². The topological polar surface area (TPSA) is 72.1 Å². The number of carbonyl (C=O) groups excluding carboxylic acids is 1. The molecule has 2 heterocycles. The minimum Gasteiger partial charge on any atom is -0.384 e. The van der Waals surface area contributed by atoms with Crippen molar-refractivity contribution in [1.29, 1.82) is 0 Å². The predicted molar refractivity (Wildman–Crippen MR) is 57.8 cm³/mol. The van der Waals surface area contributed by atoms with Crippen molar-refractivity contribution in [2.45, 2.75) is 18.7 Å². The Morgan fingerprint density at radius 3 is 2.87 bits per heavy atom. The molecule has 0 aliphatic carbocycles. The molecule has 2 rings (SSSR count). The lowest BCUT2D eigenvalue weighted by molar-refractivity contribution is -0.117. The van der Waals surface area contributed by atoms with Gasteiger partial charge in [0.15, 0.2) is 0 Å². The Morgan fingerprint density at radius 1 is 1.60 bits per heavy atom. The molecule has 1 aromatic rings. The van der Waals surface area contributed by atoms with E-state index in [0.29, 0.717) is 24.7 Å². The molecule has 15 heavy (non-hydrogen) atoms. The van der Waals surface area contributed by atoms with Crippen LogP contribution in [0.3, 0.4) is 0 Å². The molecule has 1 aliphatic heterocycles. The number of aromatic nitrogens is 2. The molecule has 1 aliphatic rings. The van der Waals surface area contributed by atoms with E-state index in [9.17, 15) is 4.79 Å². The molecule has 1 amide bonds. The minimum absolute atomic E-state index is 0.0556. The van der Waals surface area contributed by atoms with E-state index in [-0.39, 0.29) is 11.3 Å². The van der Waals surface area contributed by atoms with E-state index < -0.39 is 0 Å². The summed E-state index contributed by atoms with van der Waals surface area (Å²) in [6, 6.07) is 1.65. The normalized spacial score (nSPS) is 21.1. The van der Waals surface area contributed by atoms with Crippen LogP contribution in [0.4, 0.5) is 11.8 Å². The fourth-order valence-electron chi connectivity index (χ4n) is 1.55. The highest BCUT2D eigenvalue weighted by Gasteiger charge is 2.31. The first-order valence-corrected chi connectivity index (χ1v) is 5.05. The first kappa shape index (κ1) is 10.2. The molecule has 0 saturated carbocycles. The second-order valence-electron chi connectivity index (χ2n) is 3.54. The molecular weight excluding hydrogens is 216 g/mol. The minimum atomic E-state index is -0.164. The van der Waals surface area contributed by atoms with Crippen LogP contribution in [-0.2, 0) is 4.79 Å². The van der Waals surface area contributed by atoms with Crippen LogP contribution in [0.5, 0.6) is 0 Å². The van der Waals surface area contributed by atoms with Gasteiger partial charge in [-0.2, -0.15) is 4.98 Å². The Bertz CT molecular complexity index is 389. The van der Waals surface area contributed by atoms with Crippen molar-refractivity contribution in [3.8, 4) is 0 Å². The smallest absolute Gasteiger partial charge is 0.234 e. The fourth-order valence-corrected chi connectivity index (χ4v) is 1.82. The zero-order valence-electron chi connectivity index (χ0n) is 8.27. The standard InChI is InChI=1S/C9H11ClN4O/c1-5-2-7(11)13-9(12-5)14-4-6(10)3-8(14)15/h2,6H,3-4H2,1H3,(H2,11,12,13). The molecule has 6 heteroatoms. The van der Waals surface area contributed by atoms with Crippen molar-refractivity contribution >= 4 is 29.3 Å². The summed E-state index contributed by atoms with van der Waals surface area (Å²) in [6.45, 7) is 2.25. The molecule has 1 saturated heterocycles. The number of nitrogen functional groups attached to an aromatic ring is 1. The van der Waals surface area contributed by atoms with Gasteiger partial charge in [-0.15, -0.1) is 11.6 Å². The number of carbonyl (C=O) groups is 1. The summed E-state index contributed by atoms with van der Waals surface area (Å²) in [7, 11) is 0. The Balaban J connectivity index is 2.33. The van der Waals surface area contributed by atoms with E-state index in [0.717, 1.165) is 5.69 Å². The number of hydrogen-bond acceptors (Lipinski definition) is 4. The summed E-state index contributed by atoms with van der Waals surface area (Å²) in [5, 5.41) is -0.164. The van der Waals surface area contributed by atoms with Crippen LogP contribution in [0.15, 0.2) is 6.07 Å². The van der Waals surface area contributed by atoms with E-state index in [1.54, 1.807) is 13.0 Å². The SMILES string of the molecule is Cc1cc(N)nc(N2CC(Cl)CC2=O)n1. The summed E-state index contributed by atoms with van der Waals surface area (Å²) >= 11 is 5.88. The number of aryl methyl sites for hydroxylation is 1. The number of rotatable bonds is 1. The zero-order chi connectivity index (χ0) is 11.0. The maximum absolute atomic E-state index is 11.5. The van der Waals surface area contributed by atoms with Crippen LogP contribution in [-0.4, -0.2) is 27.8 Å². The molecule has 5 nitrogen and oxygen atoms in total. The number of halogens is 1. The number of nitrogens with zero attached hydrogens (tertiary/aromatic N) is 3. The van der Waals surface area contributed by atoms with Crippen LogP contribution < -0.4 is 10.6 Å². The number of amides is 1. The average Bonchev–Trinajstić information content (AvgIpc) is 2.43. The maximum atomic E-state index is 11.5. The molecule has 0 aromatic carbocycles. The molecule has 0 spiro atoms. The molecule has 1 fully saturated rings. The molecule has 1 atom stereocenters. The largest absolute Gasteiger partial charge is 0.384 e. The zero-order valence-corrected chi connectivity index (χ0v) is 9.03. The second kappa shape index (κ2) is 3.66. The van der Waals surface area contributed by atoms with Crippen LogP contribution in [0.2, 0.25) is 0 Å². The van der Waals surface area contributed by atoms with E-state index in [1.165, 1.54) is 4.90 Å². The van der Waals surface area contributed by atoms with E-state index in [1.807, 2.05) is 0 Å². The third-order valence-electron chi connectivity index (χ3n) is 2.18. The van der Waals surface area contributed by atoms with Crippen molar-refractivity contribution in [3.05, 3.63) is 11.8 Å². The number of hydrogen-bond donors (Lipinski definition) is 1. The van der Waals surface area contributed by atoms with Gasteiger partial charge in [-0.1, -0.05) is 0 Å². The first-order valence-electron chi connectivity index (χ1n) is 4.62. The third-order valence-corrected chi connectivity index (χ3v) is 2.47. The number of anilines is 2. The van der Waals surface area contributed by atoms with Gasteiger partial charge in [0, 0.05) is 24.7 Å². The van der Waals surface area contributed by atoms with Gasteiger partial charge in [-0.05, 0) is 6.92 Å². The van der Waals surface area contributed by atoms with Crippen molar-refractivity contribution in [3.63, 3.8) is 0 Å². The summed E-state index contributed by atoms with van der Waals surface area (Å²) in [6.07, 6.45) is 0.332. The van der Waals surface area contributed by atoms with E-state index in [2.05, 4.69) is 9.97 Å². The quantitative estimate of drug-likeness (QED) is 0.716. The van der Waals surface area contributed by atoms with Gasteiger partial charge in [0.05, 0.1) is 5.38 Å². The highest BCUT2D eigenvalue weighted by atomic mass is 35.5. The maximum Gasteiger partial charge on any atom is 0.234 e. The number of nitrogens with two attached hydrogens (primary N) is 1. The third kappa shape index (κ3) is 2.02. The Hall–Kier alpha value is -1.36. The Labute approximate surface area is 92.3 Å². The molecule has 0 bridgehead atoms. The monoisotopic (exact) mass is 226 g/mol. The van der Waals surface area contributed by atoms with Gasteiger partial charge in [0.2, 0.25) is 11.9 Å². The number of alkyl halides is 1. The van der Waals surface area contributed by atoms with E-state index >= 15 is 0 Å². The van der Waals surface area contributed by atoms with Crippen LogP contribution in [0.1, 0.15) is 12.1 Å². The van der Waals surface area contributed by atoms with Gasteiger partial charge in [-0.25, -0.2) is 4.98 Å². The highest BCUT2D eigenvalue weighted by molar-refractivity contribution is 6.24. The molecule has 0 radical (unpaired) electrons. The Morgan fingerprint density at radius 2 is 2.33 bits per heavy atom. The van der Waals surface area contributed by atoms with Gasteiger partial charge < -0.3 is 5.73 Å². The molecule has 1 unspecified atom stereocenters. The molecule has 80 valence electrons. The van der Waals surface area contributed by atoms with Gasteiger partial charge in [-0.3, -0.25) is 9.69 Å². The van der Waals surface area contributed by atoms with Crippen molar-refractivity contribution < 1.29 is 4.79 Å². The van der Waals surface area contributed by atoms with Gasteiger partial charge in [0.25, 0.3) is 0 Å². The van der Waals surface area contributed by atoms with Crippen molar-refractivity contribution in [2.75, 3.05) is 17.2 Å². The summed E-state index contributed by atoms with van der Waals surface area (Å²) in [5.41, 5.74) is 6.32. The van der Waals surface area contributed by atoms with Crippen LogP contribution in [0, 0.1) is 6.92 Å². The van der Waals surface area contributed by atoms with Gasteiger partial charge in [0.1, 0.15) is 5.82 Å². The lowest BCUT2D eigenvalue weighted by Gasteiger charge is -2.13. The summed E-state index contributed by atoms with van der Waals surface area (Å²) in [4.78, 5) is 21.2. The average molecular weight is 227 g/mol. The van der Waals surface area contributed by atoms with E-state index in [4.69, 9.17) is 17.3 Å². The van der Waals surface area contributed by atoms with Crippen molar-refractivity contribution in [1.82, 2.24) is 9.97 Å². The van der Waals surface area contributed by atoms with Crippen molar-refractivity contribution in [2.24, 2.45) is 0 Å². The first-order chi connectivity index (χ1) is 7.06. The molecule has 2 N–H and O–H groups in total. The fraction of sp³-hybridized carbons (Fsp3) is 0.444. The summed E-state index contributed by atoms with van der Waals surface area (Å²) in [5.74, 6) is 0.656. The molecule has 1 aromatic heterocycles. The van der Waals surface area contributed by atoms with Crippen LogP contribution >= 0.6 is 11.6 Å². The summed E-state index contributed by atoms with van der Waals surface area (Å²) < 4.78 is 0. The second-order valence-corrected chi connectivity index (χ2v) is 4.16. The lowest BCUT2D eigenvalue weighted by Crippen LogP contribution is -2.27. The predicted octanol–water partition coefficient (Wildman–Crippen LogP) is 0.711. The van der Waals surface area contributed by atoms with Crippen LogP contribution in [0.25, 0.3) is 0 Å². The highest BCUT2D eigenvalue weighted by Crippen LogP contribution is 2.21. The Kier molecular flexibility index (Phi) is 2.48.